The van der Waals surface area contributed by atoms with Crippen LogP contribution in [0.5, 0.6) is 0 Å². The highest BCUT2D eigenvalue weighted by molar-refractivity contribution is 5.92. The van der Waals surface area contributed by atoms with Crippen molar-refractivity contribution in [3.05, 3.63) is 53.7 Å². The Labute approximate surface area is 173 Å². The summed E-state index contributed by atoms with van der Waals surface area (Å²) >= 11 is 0. The first-order valence-corrected chi connectivity index (χ1v) is 10.8. The van der Waals surface area contributed by atoms with E-state index in [1.54, 1.807) is 0 Å². The van der Waals surface area contributed by atoms with Crippen LogP contribution in [0.3, 0.4) is 0 Å². The lowest BCUT2D eigenvalue weighted by atomic mass is 9.90. The van der Waals surface area contributed by atoms with Crippen molar-refractivity contribution >= 4 is 11.7 Å². The van der Waals surface area contributed by atoms with Gasteiger partial charge in [-0.1, -0.05) is 30.3 Å². The Morgan fingerprint density at radius 2 is 1.69 bits per heavy atom. The predicted octanol–water partition coefficient (Wildman–Crippen LogP) is 2.76. The number of hydrogen-bond donors (Lipinski definition) is 1. The molecule has 0 radical (unpaired) electrons. The number of likely N-dealkylation sites (tertiary alicyclic amines) is 1. The Balaban J connectivity index is 1.26. The van der Waals surface area contributed by atoms with Crippen molar-refractivity contribution in [3.63, 3.8) is 0 Å². The van der Waals surface area contributed by atoms with Crippen molar-refractivity contribution in [3.8, 4) is 0 Å². The molecule has 0 unspecified atom stereocenters. The topological polar surface area (TPSA) is 61.4 Å². The molecular weight excluding hydrogens is 362 g/mol. The van der Waals surface area contributed by atoms with Crippen LogP contribution in [0.2, 0.25) is 0 Å². The molecule has 2 aromatic rings. The van der Waals surface area contributed by atoms with E-state index in [-0.39, 0.29) is 11.9 Å². The van der Waals surface area contributed by atoms with Gasteiger partial charge in [-0.15, -0.1) is 10.2 Å². The normalized spacial score (nSPS) is 19.3. The number of anilines is 1. The smallest absolute Gasteiger partial charge is 0.272 e. The fourth-order valence-electron chi connectivity index (χ4n) is 4.34. The second-order valence-electron chi connectivity index (χ2n) is 8.45. The number of benzene rings is 1. The lowest BCUT2D eigenvalue weighted by Crippen LogP contribution is -2.43. The van der Waals surface area contributed by atoms with Gasteiger partial charge in [0.2, 0.25) is 0 Å². The minimum Gasteiger partial charge on any atom is -0.355 e. The number of carbonyl (C=O) groups excluding carboxylic acids is 1. The fourth-order valence-corrected chi connectivity index (χ4v) is 4.34. The minimum absolute atomic E-state index is 0.111. The van der Waals surface area contributed by atoms with Gasteiger partial charge < -0.3 is 15.1 Å². The van der Waals surface area contributed by atoms with Gasteiger partial charge in [0, 0.05) is 19.1 Å². The SMILES string of the molecule is CN1CCC(NC(=O)c2ccc(N3CCC(Cc4ccccc4)CC3)nn2)CC1. The predicted molar refractivity (Wildman–Crippen MR) is 115 cm³/mol. The first-order valence-electron chi connectivity index (χ1n) is 10.8. The molecule has 29 heavy (non-hydrogen) atoms. The van der Waals surface area contributed by atoms with E-state index in [0.29, 0.717) is 5.69 Å². The maximum Gasteiger partial charge on any atom is 0.272 e. The highest BCUT2D eigenvalue weighted by Gasteiger charge is 2.22. The largest absolute Gasteiger partial charge is 0.355 e. The summed E-state index contributed by atoms with van der Waals surface area (Å²) in [4.78, 5) is 17.0. The van der Waals surface area contributed by atoms with Gasteiger partial charge in [-0.25, -0.2) is 0 Å². The van der Waals surface area contributed by atoms with E-state index in [0.717, 1.165) is 70.0 Å². The number of amides is 1. The van der Waals surface area contributed by atoms with Gasteiger partial charge in [0.15, 0.2) is 11.5 Å². The van der Waals surface area contributed by atoms with Gasteiger partial charge in [0.1, 0.15) is 0 Å². The standard InChI is InChI=1S/C23H31N5O/c1-27-13-11-20(12-14-27)24-23(29)21-7-8-22(26-25-21)28-15-9-19(10-16-28)17-18-5-3-2-4-6-18/h2-8,19-20H,9-17H2,1H3,(H,24,29). The molecule has 1 amide bonds. The molecule has 6 heteroatoms. The van der Waals surface area contributed by atoms with Crippen LogP contribution in [0.25, 0.3) is 0 Å². The third-order valence-corrected chi connectivity index (χ3v) is 6.24. The van der Waals surface area contributed by atoms with Crippen LogP contribution in [-0.4, -0.2) is 60.3 Å². The number of aromatic nitrogens is 2. The number of rotatable bonds is 5. The quantitative estimate of drug-likeness (QED) is 0.846. The van der Waals surface area contributed by atoms with Crippen molar-refractivity contribution in [2.75, 3.05) is 38.1 Å². The number of piperidine rings is 2. The van der Waals surface area contributed by atoms with Crippen LogP contribution in [0, 0.1) is 5.92 Å². The molecule has 3 heterocycles. The molecule has 0 spiro atoms. The average molecular weight is 394 g/mol. The minimum atomic E-state index is -0.111. The fraction of sp³-hybridized carbons (Fsp3) is 0.522. The third kappa shape index (κ3) is 5.32. The average Bonchev–Trinajstić information content (AvgIpc) is 2.77. The van der Waals surface area contributed by atoms with E-state index in [9.17, 15) is 4.79 Å². The molecule has 6 nitrogen and oxygen atoms in total. The zero-order valence-corrected chi connectivity index (χ0v) is 17.3. The maximum absolute atomic E-state index is 12.5. The van der Waals surface area contributed by atoms with Crippen LogP contribution in [0.1, 0.15) is 41.7 Å². The summed E-state index contributed by atoms with van der Waals surface area (Å²) in [6, 6.07) is 14.7. The highest BCUT2D eigenvalue weighted by atomic mass is 16.2. The molecule has 0 bridgehead atoms. The Bertz CT molecular complexity index is 779. The molecule has 154 valence electrons. The molecule has 0 saturated carbocycles. The Morgan fingerprint density at radius 3 is 2.34 bits per heavy atom. The third-order valence-electron chi connectivity index (χ3n) is 6.24. The zero-order chi connectivity index (χ0) is 20.1. The van der Waals surface area contributed by atoms with E-state index in [1.807, 2.05) is 12.1 Å². The van der Waals surface area contributed by atoms with E-state index in [2.05, 4.69) is 62.7 Å². The molecule has 2 fully saturated rings. The van der Waals surface area contributed by atoms with Crippen molar-refractivity contribution < 1.29 is 4.79 Å². The molecule has 2 aliphatic heterocycles. The van der Waals surface area contributed by atoms with E-state index >= 15 is 0 Å². The first kappa shape index (κ1) is 19.8. The number of nitrogens with zero attached hydrogens (tertiary/aromatic N) is 4. The molecule has 1 aromatic carbocycles. The van der Waals surface area contributed by atoms with Gasteiger partial charge in [-0.3, -0.25) is 4.79 Å². The molecule has 1 aromatic heterocycles. The monoisotopic (exact) mass is 393 g/mol. The summed E-state index contributed by atoms with van der Waals surface area (Å²) in [6.45, 7) is 4.03. The van der Waals surface area contributed by atoms with Gasteiger partial charge in [-0.2, -0.15) is 0 Å². The summed E-state index contributed by atoms with van der Waals surface area (Å²) < 4.78 is 0. The van der Waals surface area contributed by atoms with Crippen LogP contribution in [0.15, 0.2) is 42.5 Å². The number of carbonyl (C=O) groups is 1. The molecule has 0 aliphatic carbocycles. The molecule has 2 saturated heterocycles. The summed E-state index contributed by atoms with van der Waals surface area (Å²) in [5.74, 6) is 1.49. The second-order valence-corrected chi connectivity index (χ2v) is 8.45. The summed E-state index contributed by atoms with van der Waals surface area (Å²) in [5, 5.41) is 11.7. The number of nitrogens with one attached hydrogen (secondary N) is 1. The lowest BCUT2D eigenvalue weighted by molar-refractivity contribution is 0.0911. The van der Waals surface area contributed by atoms with Crippen LogP contribution >= 0.6 is 0 Å². The van der Waals surface area contributed by atoms with Gasteiger partial charge in [0.25, 0.3) is 5.91 Å². The summed E-state index contributed by atoms with van der Waals surface area (Å²) in [6.07, 6.45) is 5.46. The van der Waals surface area contributed by atoms with Crippen LogP contribution in [0.4, 0.5) is 5.82 Å². The van der Waals surface area contributed by atoms with Crippen molar-refractivity contribution in [2.24, 2.45) is 5.92 Å². The van der Waals surface area contributed by atoms with Gasteiger partial charge in [0.05, 0.1) is 0 Å². The second kappa shape index (κ2) is 9.35. The van der Waals surface area contributed by atoms with Crippen molar-refractivity contribution in [1.82, 2.24) is 20.4 Å². The molecule has 0 atom stereocenters. The molecule has 1 N–H and O–H groups in total. The van der Waals surface area contributed by atoms with E-state index in [4.69, 9.17) is 0 Å². The Hall–Kier alpha value is -2.47. The van der Waals surface area contributed by atoms with Crippen LogP contribution in [-0.2, 0) is 6.42 Å². The first-order chi connectivity index (χ1) is 14.2. The van der Waals surface area contributed by atoms with E-state index in [1.165, 1.54) is 5.56 Å². The van der Waals surface area contributed by atoms with E-state index < -0.39 is 0 Å². The molecule has 2 aliphatic rings. The lowest BCUT2D eigenvalue weighted by Gasteiger charge is -2.32. The number of hydrogen-bond acceptors (Lipinski definition) is 5. The van der Waals surface area contributed by atoms with Gasteiger partial charge in [-0.05, 0) is 75.9 Å². The summed E-state index contributed by atoms with van der Waals surface area (Å²) in [5.41, 5.74) is 1.83. The van der Waals surface area contributed by atoms with Crippen LogP contribution < -0.4 is 10.2 Å². The Morgan fingerprint density at radius 1 is 0.966 bits per heavy atom. The van der Waals surface area contributed by atoms with Crippen molar-refractivity contribution in [1.29, 1.82) is 0 Å². The molecular formula is C23H31N5O. The zero-order valence-electron chi connectivity index (χ0n) is 17.3. The maximum atomic E-state index is 12.5. The van der Waals surface area contributed by atoms with Gasteiger partial charge >= 0.3 is 0 Å². The van der Waals surface area contributed by atoms with Crippen molar-refractivity contribution in [2.45, 2.75) is 38.1 Å². The Kier molecular flexibility index (Phi) is 6.39. The molecule has 4 rings (SSSR count). The highest BCUT2D eigenvalue weighted by Crippen LogP contribution is 2.24. The summed E-state index contributed by atoms with van der Waals surface area (Å²) in [7, 11) is 2.12.